The number of amides is 1. The second-order valence-corrected chi connectivity index (χ2v) is 9.98. The quantitative estimate of drug-likeness (QED) is 0.819. The summed E-state index contributed by atoms with van der Waals surface area (Å²) in [5, 5.41) is 14.3. The standard InChI is InChI=1S/C21H33N3O2/c1-4-19-5-16-6-20(11-19,13-21(26,7-16)12-19)18(25)23-9-17-8-22-14-24(17)10-15(2)3/h8,14-16,26H,4-7,9-13H2,1-3H3,(H,23,25)/t16-,19-,20-,21-/m1/s1. The van der Waals surface area contributed by atoms with Gasteiger partial charge in [-0.2, -0.15) is 0 Å². The number of aromatic nitrogens is 2. The lowest BCUT2D eigenvalue weighted by Crippen LogP contribution is -2.63. The molecule has 5 heteroatoms. The van der Waals surface area contributed by atoms with Crippen molar-refractivity contribution in [3.8, 4) is 0 Å². The maximum Gasteiger partial charge on any atom is 0.226 e. The zero-order valence-corrected chi connectivity index (χ0v) is 16.4. The van der Waals surface area contributed by atoms with Crippen molar-refractivity contribution in [3.63, 3.8) is 0 Å². The molecule has 26 heavy (non-hydrogen) atoms. The molecule has 0 unspecified atom stereocenters. The summed E-state index contributed by atoms with van der Waals surface area (Å²) in [6, 6.07) is 0. The molecule has 1 aromatic heterocycles. The third-order valence-electron chi connectivity index (χ3n) is 7.18. The number of hydrogen-bond acceptors (Lipinski definition) is 3. The highest BCUT2D eigenvalue weighted by atomic mass is 16.3. The fourth-order valence-corrected chi connectivity index (χ4v) is 6.64. The molecule has 5 rings (SSSR count). The number of carbonyl (C=O) groups excluding carboxylic acids is 1. The van der Waals surface area contributed by atoms with E-state index in [-0.39, 0.29) is 16.7 Å². The van der Waals surface area contributed by atoms with E-state index in [1.54, 1.807) is 0 Å². The van der Waals surface area contributed by atoms with Crippen LogP contribution in [0.25, 0.3) is 0 Å². The van der Waals surface area contributed by atoms with Gasteiger partial charge >= 0.3 is 0 Å². The summed E-state index contributed by atoms with van der Waals surface area (Å²) < 4.78 is 2.13. The van der Waals surface area contributed by atoms with Gasteiger partial charge in [0, 0.05) is 12.7 Å². The summed E-state index contributed by atoms with van der Waals surface area (Å²) in [4.78, 5) is 17.5. The van der Waals surface area contributed by atoms with Gasteiger partial charge in [-0.1, -0.05) is 27.2 Å². The molecule has 1 amide bonds. The molecule has 0 radical (unpaired) electrons. The lowest BCUT2D eigenvalue weighted by atomic mass is 9.42. The highest BCUT2D eigenvalue weighted by Crippen LogP contribution is 2.67. The first-order valence-electron chi connectivity index (χ1n) is 10.3. The maximum absolute atomic E-state index is 13.3. The van der Waals surface area contributed by atoms with E-state index in [0.29, 0.717) is 24.8 Å². The number of imidazole rings is 1. The average Bonchev–Trinajstić information content (AvgIpc) is 2.96. The van der Waals surface area contributed by atoms with Crippen molar-refractivity contribution in [1.82, 2.24) is 14.9 Å². The van der Waals surface area contributed by atoms with Crippen LogP contribution in [0.4, 0.5) is 0 Å². The Kier molecular flexibility index (Phi) is 4.22. The van der Waals surface area contributed by atoms with Gasteiger partial charge in [0.05, 0.1) is 29.6 Å². The number of carbonyl (C=O) groups is 1. The Bertz CT molecular complexity index is 699. The summed E-state index contributed by atoms with van der Waals surface area (Å²) in [7, 11) is 0. The first kappa shape index (κ1) is 18.0. The van der Waals surface area contributed by atoms with Gasteiger partial charge < -0.3 is 15.0 Å². The molecule has 4 atom stereocenters. The molecule has 0 aromatic carbocycles. The predicted molar refractivity (Wildman–Crippen MR) is 100 cm³/mol. The minimum absolute atomic E-state index is 0.148. The van der Waals surface area contributed by atoms with Crippen LogP contribution in [-0.2, 0) is 17.9 Å². The minimum atomic E-state index is -0.619. The predicted octanol–water partition coefficient (Wildman–Crippen LogP) is 3.27. The lowest BCUT2D eigenvalue weighted by molar-refractivity contribution is -0.204. The molecular weight excluding hydrogens is 326 g/mol. The van der Waals surface area contributed by atoms with E-state index in [9.17, 15) is 9.90 Å². The second kappa shape index (κ2) is 6.08. The van der Waals surface area contributed by atoms with Crippen molar-refractivity contribution < 1.29 is 9.90 Å². The summed E-state index contributed by atoms with van der Waals surface area (Å²) in [5.74, 6) is 1.20. The van der Waals surface area contributed by atoms with Crippen LogP contribution in [-0.4, -0.2) is 26.2 Å². The zero-order valence-electron chi connectivity index (χ0n) is 16.4. The maximum atomic E-state index is 13.3. The fraction of sp³-hybridized carbons (Fsp3) is 0.810. The minimum Gasteiger partial charge on any atom is -0.390 e. The normalized spacial score (nSPS) is 38.1. The molecule has 4 bridgehead atoms. The fourth-order valence-electron chi connectivity index (χ4n) is 6.64. The Labute approximate surface area is 156 Å². The van der Waals surface area contributed by atoms with Gasteiger partial charge in [-0.05, 0) is 55.8 Å². The molecule has 5 nitrogen and oxygen atoms in total. The number of nitrogens with one attached hydrogen (secondary N) is 1. The third kappa shape index (κ3) is 2.98. The van der Waals surface area contributed by atoms with Crippen LogP contribution >= 0.6 is 0 Å². The summed E-state index contributed by atoms with van der Waals surface area (Å²) in [5.41, 5.74) is 0.241. The van der Waals surface area contributed by atoms with Crippen molar-refractivity contribution in [2.45, 2.75) is 84.4 Å². The van der Waals surface area contributed by atoms with Gasteiger partial charge in [-0.3, -0.25) is 4.79 Å². The topological polar surface area (TPSA) is 67.2 Å². The smallest absolute Gasteiger partial charge is 0.226 e. The van der Waals surface area contributed by atoms with Crippen molar-refractivity contribution >= 4 is 5.91 Å². The molecule has 0 saturated heterocycles. The Morgan fingerprint density at radius 3 is 2.85 bits per heavy atom. The molecule has 4 fully saturated rings. The van der Waals surface area contributed by atoms with Crippen LogP contribution in [0.2, 0.25) is 0 Å². The Morgan fingerprint density at radius 2 is 2.15 bits per heavy atom. The van der Waals surface area contributed by atoms with E-state index < -0.39 is 5.60 Å². The van der Waals surface area contributed by atoms with Crippen molar-refractivity contribution in [3.05, 3.63) is 18.2 Å². The molecular formula is C21H33N3O2. The second-order valence-electron chi connectivity index (χ2n) is 9.98. The van der Waals surface area contributed by atoms with E-state index in [4.69, 9.17) is 0 Å². The van der Waals surface area contributed by atoms with E-state index in [1.165, 1.54) is 6.42 Å². The van der Waals surface area contributed by atoms with Gasteiger partial charge in [-0.15, -0.1) is 0 Å². The summed E-state index contributed by atoms with van der Waals surface area (Å²) >= 11 is 0. The molecule has 0 spiro atoms. The van der Waals surface area contributed by atoms with Gasteiger partial charge in [0.1, 0.15) is 0 Å². The number of rotatable bonds is 6. The van der Waals surface area contributed by atoms with Crippen LogP contribution in [0.5, 0.6) is 0 Å². The largest absolute Gasteiger partial charge is 0.390 e. The molecule has 4 aliphatic carbocycles. The molecule has 4 saturated carbocycles. The van der Waals surface area contributed by atoms with Gasteiger partial charge in [0.2, 0.25) is 5.91 Å². The molecule has 144 valence electrons. The van der Waals surface area contributed by atoms with Crippen LogP contribution in [0.1, 0.15) is 71.4 Å². The van der Waals surface area contributed by atoms with Crippen molar-refractivity contribution in [2.75, 3.05) is 0 Å². The average molecular weight is 360 g/mol. The van der Waals surface area contributed by atoms with E-state index >= 15 is 0 Å². The van der Waals surface area contributed by atoms with E-state index in [0.717, 1.165) is 44.3 Å². The molecule has 1 heterocycles. The Morgan fingerprint density at radius 1 is 1.35 bits per heavy atom. The molecule has 4 aliphatic rings. The summed E-state index contributed by atoms with van der Waals surface area (Å²) in [6.07, 6.45) is 10.3. The first-order chi connectivity index (χ1) is 12.3. The van der Waals surface area contributed by atoms with Gasteiger partial charge in [-0.25, -0.2) is 4.98 Å². The van der Waals surface area contributed by atoms with Crippen molar-refractivity contribution in [1.29, 1.82) is 0 Å². The van der Waals surface area contributed by atoms with Crippen LogP contribution in [0.3, 0.4) is 0 Å². The van der Waals surface area contributed by atoms with Crippen molar-refractivity contribution in [2.24, 2.45) is 22.7 Å². The van der Waals surface area contributed by atoms with Crippen LogP contribution in [0.15, 0.2) is 12.5 Å². The first-order valence-corrected chi connectivity index (χ1v) is 10.3. The monoisotopic (exact) mass is 359 g/mol. The van der Waals surface area contributed by atoms with Gasteiger partial charge in [0.25, 0.3) is 0 Å². The number of hydrogen-bond donors (Lipinski definition) is 2. The van der Waals surface area contributed by atoms with Crippen LogP contribution < -0.4 is 5.32 Å². The van der Waals surface area contributed by atoms with Crippen LogP contribution in [0, 0.1) is 22.7 Å². The van der Waals surface area contributed by atoms with Gasteiger partial charge in [0.15, 0.2) is 0 Å². The summed E-state index contributed by atoms with van der Waals surface area (Å²) in [6.45, 7) is 8.03. The molecule has 2 N–H and O–H groups in total. The highest BCUT2D eigenvalue weighted by Gasteiger charge is 2.64. The van der Waals surface area contributed by atoms with E-state index in [2.05, 4.69) is 35.6 Å². The Balaban J connectivity index is 1.49. The molecule has 0 aliphatic heterocycles. The molecule has 1 aromatic rings. The number of nitrogens with zero attached hydrogens (tertiary/aromatic N) is 2. The Hall–Kier alpha value is -1.36. The lowest BCUT2D eigenvalue weighted by Gasteiger charge is -2.64. The third-order valence-corrected chi connectivity index (χ3v) is 7.18. The SMILES string of the molecule is CC[C@]12C[C@H]3C[C@@](O)(C1)C[C@@](C(=O)NCc1cncn1CC(C)C)(C3)C2. The number of aliphatic hydroxyl groups is 1. The zero-order chi connectivity index (χ0) is 18.6. The highest BCUT2D eigenvalue weighted by molar-refractivity contribution is 5.83. The van der Waals surface area contributed by atoms with E-state index in [1.807, 2.05) is 12.5 Å².